The summed E-state index contributed by atoms with van der Waals surface area (Å²) in [5.41, 5.74) is 3.69. The summed E-state index contributed by atoms with van der Waals surface area (Å²) in [6.07, 6.45) is 5.91. The Kier molecular flexibility index (Phi) is 6.56. The fourth-order valence-electron chi connectivity index (χ4n) is 5.05. The molecule has 186 valence electrons. The van der Waals surface area contributed by atoms with Gasteiger partial charge in [0.2, 0.25) is 0 Å². The Morgan fingerprint density at radius 2 is 1.83 bits per heavy atom. The smallest absolute Gasteiger partial charge is 0.166 e. The van der Waals surface area contributed by atoms with Crippen molar-refractivity contribution < 1.29 is 9.84 Å². The molecule has 0 spiro atoms. The van der Waals surface area contributed by atoms with E-state index < -0.39 is 0 Å². The maximum atomic E-state index is 10.1. The number of piperidine rings is 1. The van der Waals surface area contributed by atoms with Crippen LogP contribution in [0.4, 0.5) is 5.82 Å². The van der Waals surface area contributed by atoms with Crippen LogP contribution >= 0.6 is 15.9 Å². The van der Waals surface area contributed by atoms with Crippen molar-refractivity contribution in [2.45, 2.75) is 25.4 Å². The van der Waals surface area contributed by atoms with Gasteiger partial charge in [0.1, 0.15) is 10.4 Å². The lowest BCUT2D eigenvalue weighted by Gasteiger charge is -2.32. The van der Waals surface area contributed by atoms with Crippen LogP contribution in [0.25, 0.3) is 22.6 Å². The van der Waals surface area contributed by atoms with Crippen LogP contribution in [0.3, 0.4) is 0 Å². The molecular formula is C26H28BrN7O2. The zero-order valence-electron chi connectivity index (χ0n) is 19.9. The number of pyridine rings is 1. The molecule has 4 aromatic rings. The molecule has 0 atom stereocenters. The van der Waals surface area contributed by atoms with Gasteiger partial charge in [-0.1, -0.05) is 18.2 Å². The fraction of sp³-hybridized carbons (Fsp3) is 0.385. The third-order valence-electron chi connectivity index (χ3n) is 6.96. The maximum Gasteiger partial charge on any atom is 0.166 e. The third-order valence-corrected chi connectivity index (χ3v) is 7.43. The van der Waals surface area contributed by atoms with Crippen molar-refractivity contribution in [3.8, 4) is 17.1 Å². The zero-order chi connectivity index (χ0) is 24.5. The number of rotatable bonds is 5. The summed E-state index contributed by atoms with van der Waals surface area (Å²) < 4.78 is 8.66. The van der Waals surface area contributed by atoms with Crippen LogP contribution in [0, 0.1) is 0 Å². The van der Waals surface area contributed by atoms with E-state index in [0.717, 1.165) is 72.7 Å². The SMILES string of the molecule is Oc1cccc(-c2nc(N3CCOCC3)c3ncn(C4CCN(Cc5ccc(Br)nc5)CC4)c3n2)c1. The van der Waals surface area contributed by atoms with E-state index in [1.165, 1.54) is 5.56 Å². The molecule has 1 N–H and O–H groups in total. The second-order valence-electron chi connectivity index (χ2n) is 9.34. The van der Waals surface area contributed by atoms with Crippen molar-refractivity contribution >= 4 is 32.9 Å². The number of phenols is 1. The number of fused-ring (bicyclic) bond motifs is 1. The fourth-order valence-corrected chi connectivity index (χ4v) is 5.29. The summed E-state index contributed by atoms with van der Waals surface area (Å²) in [4.78, 5) is 23.7. The van der Waals surface area contributed by atoms with Gasteiger partial charge < -0.3 is 19.3 Å². The number of hydrogen-bond acceptors (Lipinski definition) is 8. The quantitative estimate of drug-likeness (QED) is 0.373. The van der Waals surface area contributed by atoms with E-state index >= 15 is 0 Å². The van der Waals surface area contributed by atoms with Gasteiger partial charge in [-0.3, -0.25) is 4.90 Å². The van der Waals surface area contributed by atoms with Gasteiger partial charge in [-0.05, 0) is 52.5 Å². The molecule has 1 aromatic carbocycles. The highest BCUT2D eigenvalue weighted by molar-refractivity contribution is 9.10. The number of likely N-dealkylation sites (tertiary alicyclic amines) is 1. The Balaban J connectivity index is 1.29. The first kappa shape index (κ1) is 23.3. The largest absolute Gasteiger partial charge is 0.508 e. The monoisotopic (exact) mass is 549 g/mol. The molecule has 5 heterocycles. The molecule has 0 radical (unpaired) electrons. The van der Waals surface area contributed by atoms with Gasteiger partial charge >= 0.3 is 0 Å². The predicted octanol–water partition coefficient (Wildman–Crippen LogP) is 4.03. The van der Waals surface area contributed by atoms with Gasteiger partial charge in [0.25, 0.3) is 0 Å². The van der Waals surface area contributed by atoms with E-state index in [9.17, 15) is 5.11 Å². The van der Waals surface area contributed by atoms with E-state index in [-0.39, 0.29) is 5.75 Å². The van der Waals surface area contributed by atoms with Crippen LogP contribution in [-0.2, 0) is 11.3 Å². The second kappa shape index (κ2) is 10.1. The minimum absolute atomic E-state index is 0.200. The van der Waals surface area contributed by atoms with Crippen molar-refractivity contribution in [2.24, 2.45) is 0 Å². The number of benzene rings is 1. The van der Waals surface area contributed by atoms with Gasteiger partial charge in [-0.15, -0.1) is 0 Å². The maximum absolute atomic E-state index is 10.1. The molecule has 0 aliphatic carbocycles. The number of aromatic hydroxyl groups is 1. The molecule has 2 fully saturated rings. The first-order valence-electron chi connectivity index (χ1n) is 12.3. The van der Waals surface area contributed by atoms with E-state index in [1.807, 2.05) is 30.7 Å². The summed E-state index contributed by atoms with van der Waals surface area (Å²) in [5.74, 6) is 1.63. The molecule has 9 nitrogen and oxygen atoms in total. The summed E-state index contributed by atoms with van der Waals surface area (Å²) >= 11 is 3.41. The van der Waals surface area contributed by atoms with Crippen molar-refractivity contribution in [1.29, 1.82) is 0 Å². The molecular weight excluding hydrogens is 522 g/mol. The number of nitrogens with zero attached hydrogens (tertiary/aromatic N) is 7. The minimum atomic E-state index is 0.200. The number of morpholine rings is 1. The minimum Gasteiger partial charge on any atom is -0.508 e. The van der Waals surface area contributed by atoms with Crippen LogP contribution in [0.1, 0.15) is 24.4 Å². The summed E-state index contributed by atoms with van der Waals surface area (Å²) in [6.45, 7) is 5.77. The number of halogens is 1. The Morgan fingerprint density at radius 1 is 1.00 bits per heavy atom. The highest BCUT2D eigenvalue weighted by Gasteiger charge is 2.26. The Morgan fingerprint density at radius 3 is 2.58 bits per heavy atom. The number of phenolic OH excluding ortho intramolecular Hbond substituents is 1. The van der Waals surface area contributed by atoms with E-state index in [0.29, 0.717) is 25.1 Å². The third kappa shape index (κ3) is 4.80. The molecule has 3 aromatic heterocycles. The van der Waals surface area contributed by atoms with E-state index in [1.54, 1.807) is 12.1 Å². The lowest BCUT2D eigenvalue weighted by molar-refractivity contribution is 0.122. The molecule has 2 aliphatic heterocycles. The Hall–Kier alpha value is -3.08. The normalized spacial score (nSPS) is 17.6. The average Bonchev–Trinajstić information content (AvgIpc) is 3.34. The molecule has 2 saturated heterocycles. The Labute approximate surface area is 217 Å². The average molecular weight is 550 g/mol. The predicted molar refractivity (Wildman–Crippen MR) is 141 cm³/mol. The summed E-state index contributed by atoms with van der Waals surface area (Å²) in [7, 11) is 0. The summed E-state index contributed by atoms with van der Waals surface area (Å²) in [6, 6.07) is 11.6. The van der Waals surface area contributed by atoms with Gasteiger partial charge in [0, 0.05) is 50.5 Å². The molecule has 0 unspecified atom stereocenters. The van der Waals surface area contributed by atoms with Crippen molar-refractivity contribution in [3.05, 3.63) is 59.1 Å². The second-order valence-corrected chi connectivity index (χ2v) is 10.2. The first-order chi connectivity index (χ1) is 17.6. The molecule has 6 rings (SSSR count). The highest BCUT2D eigenvalue weighted by atomic mass is 79.9. The number of anilines is 1. The van der Waals surface area contributed by atoms with Crippen molar-refractivity contribution in [3.63, 3.8) is 0 Å². The lowest BCUT2D eigenvalue weighted by atomic mass is 10.0. The summed E-state index contributed by atoms with van der Waals surface area (Å²) in [5, 5.41) is 10.1. The van der Waals surface area contributed by atoms with Crippen LogP contribution in [0.15, 0.2) is 53.5 Å². The number of imidazole rings is 1. The number of hydrogen-bond donors (Lipinski definition) is 1. The first-order valence-corrected chi connectivity index (χ1v) is 13.1. The molecule has 0 bridgehead atoms. The van der Waals surface area contributed by atoms with Gasteiger partial charge in [0.15, 0.2) is 22.8 Å². The van der Waals surface area contributed by atoms with E-state index in [4.69, 9.17) is 19.7 Å². The van der Waals surface area contributed by atoms with Gasteiger partial charge in [-0.2, -0.15) is 0 Å². The number of ether oxygens (including phenoxy) is 1. The van der Waals surface area contributed by atoms with Gasteiger partial charge in [0.05, 0.1) is 19.5 Å². The van der Waals surface area contributed by atoms with Gasteiger partial charge in [-0.25, -0.2) is 19.9 Å². The zero-order valence-corrected chi connectivity index (χ0v) is 21.5. The van der Waals surface area contributed by atoms with Crippen molar-refractivity contribution in [1.82, 2.24) is 29.4 Å². The van der Waals surface area contributed by atoms with Crippen molar-refractivity contribution in [2.75, 3.05) is 44.3 Å². The van der Waals surface area contributed by atoms with Crippen LogP contribution in [0.5, 0.6) is 5.75 Å². The number of aromatic nitrogens is 5. The topological polar surface area (TPSA) is 92.4 Å². The van der Waals surface area contributed by atoms with Crippen LogP contribution in [-0.4, -0.2) is 73.9 Å². The molecule has 2 aliphatic rings. The molecule has 10 heteroatoms. The Bertz CT molecular complexity index is 1350. The molecule has 0 saturated carbocycles. The standard InChI is InChI=1S/C26H28BrN7O2/c27-22-5-4-18(15-28-22)16-32-8-6-20(7-9-32)34-17-29-23-25(33-10-12-36-13-11-33)30-24(31-26(23)34)19-2-1-3-21(35)14-19/h1-5,14-15,17,20,35H,6-13,16H2. The lowest BCUT2D eigenvalue weighted by Crippen LogP contribution is -2.37. The highest BCUT2D eigenvalue weighted by Crippen LogP contribution is 2.32. The van der Waals surface area contributed by atoms with Crippen LogP contribution < -0.4 is 4.90 Å². The molecule has 0 amide bonds. The van der Waals surface area contributed by atoms with E-state index in [2.05, 4.69) is 41.3 Å². The van der Waals surface area contributed by atoms with Crippen LogP contribution in [0.2, 0.25) is 0 Å². The molecule has 36 heavy (non-hydrogen) atoms.